The molecule has 6 nitrogen and oxygen atoms in total. The van der Waals surface area contributed by atoms with Crippen LogP contribution in [-0.4, -0.2) is 25.6 Å². The number of nitrogens with zero attached hydrogens (tertiary/aromatic N) is 3. The maximum atomic E-state index is 11.4. The molecule has 0 bridgehead atoms. The van der Waals surface area contributed by atoms with Crippen molar-refractivity contribution in [3.8, 4) is 0 Å². The second-order valence-corrected chi connectivity index (χ2v) is 3.89. The van der Waals surface area contributed by atoms with Gasteiger partial charge in [-0.25, -0.2) is 19.3 Å². The van der Waals surface area contributed by atoms with E-state index in [-0.39, 0.29) is 11.7 Å². The van der Waals surface area contributed by atoms with Crippen LogP contribution in [0.25, 0.3) is 5.65 Å². The number of aryl methyl sites for hydroxylation is 1. The van der Waals surface area contributed by atoms with Crippen LogP contribution in [0.3, 0.4) is 0 Å². The number of fused-ring (bicyclic) bond motifs is 1. The van der Waals surface area contributed by atoms with Crippen molar-refractivity contribution in [2.45, 2.75) is 32.7 Å². The molecule has 0 aromatic carbocycles. The molecule has 6 heteroatoms. The molecule has 86 valence electrons. The van der Waals surface area contributed by atoms with Gasteiger partial charge in [-0.3, -0.25) is 0 Å². The maximum Gasteiger partial charge on any atom is 0.349 e. The molecule has 0 aliphatic carbocycles. The summed E-state index contributed by atoms with van der Waals surface area (Å²) in [5.74, 6) is 0.634. The third kappa shape index (κ3) is 1.83. The van der Waals surface area contributed by atoms with Crippen molar-refractivity contribution < 1.29 is 0 Å². The molecule has 0 aliphatic heterocycles. The number of aromatic nitrogens is 4. The van der Waals surface area contributed by atoms with Crippen LogP contribution in [-0.2, 0) is 6.42 Å². The van der Waals surface area contributed by atoms with E-state index in [4.69, 9.17) is 5.73 Å². The van der Waals surface area contributed by atoms with E-state index in [0.29, 0.717) is 17.9 Å². The molecule has 0 fully saturated rings. The predicted molar refractivity (Wildman–Crippen MR) is 60.3 cm³/mol. The number of aromatic amines is 1. The van der Waals surface area contributed by atoms with Crippen LogP contribution in [0.15, 0.2) is 10.9 Å². The maximum absolute atomic E-state index is 11.4. The van der Waals surface area contributed by atoms with E-state index in [9.17, 15) is 4.79 Å². The molecule has 2 aromatic heterocycles. The van der Waals surface area contributed by atoms with Crippen molar-refractivity contribution in [3.05, 3.63) is 28.1 Å². The molecule has 0 saturated carbocycles. The zero-order valence-corrected chi connectivity index (χ0v) is 9.40. The zero-order chi connectivity index (χ0) is 11.7. The van der Waals surface area contributed by atoms with Gasteiger partial charge in [0.25, 0.3) is 0 Å². The highest BCUT2D eigenvalue weighted by Gasteiger charge is 2.09. The Hall–Kier alpha value is -1.69. The molecule has 2 rings (SSSR count). The number of nitrogens with two attached hydrogens (primary N) is 1. The van der Waals surface area contributed by atoms with E-state index in [2.05, 4.69) is 15.2 Å². The Balaban J connectivity index is 2.46. The minimum absolute atomic E-state index is 0.0972. The molecule has 0 radical (unpaired) electrons. The second-order valence-electron chi connectivity index (χ2n) is 3.89. The van der Waals surface area contributed by atoms with Crippen molar-refractivity contribution >= 4 is 5.65 Å². The van der Waals surface area contributed by atoms with Gasteiger partial charge in [-0.2, -0.15) is 5.10 Å². The molecule has 0 aliphatic rings. The van der Waals surface area contributed by atoms with Crippen molar-refractivity contribution in [3.63, 3.8) is 0 Å². The summed E-state index contributed by atoms with van der Waals surface area (Å²) < 4.78 is 1.45. The van der Waals surface area contributed by atoms with Crippen LogP contribution in [0.5, 0.6) is 0 Å². The lowest BCUT2D eigenvalue weighted by Crippen LogP contribution is -2.23. The Morgan fingerprint density at radius 2 is 2.38 bits per heavy atom. The Kier molecular flexibility index (Phi) is 2.74. The monoisotopic (exact) mass is 221 g/mol. The van der Waals surface area contributed by atoms with Crippen LogP contribution in [0.4, 0.5) is 0 Å². The zero-order valence-electron chi connectivity index (χ0n) is 9.40. The van der Waals surface area contributed by atoms with E-state index in [1.54, 1.807) is 13.0 Å². The molecule has 0 spiro atoms. The summed E-state index contributed by atoms with van der Waals surface area (Å²) >= 11 is 0. The fourth-order valence-electron chi connectivity index (χ4n) is 1.68. The third-order valence-electron chi connectivity index (χ3n) is 2.62. The van der Waals surface area contributed by atoms with Crippen molar-refractivity contribution in [1.82, 2.24) is 19.6 Å². The summed E-state index contributed by atoms with van der Waals surface area (Å²) in [6.45, 7) is 3.82. The van der Waals surface area contributed by atoms with Crippen LogP contribution in [0.1, 0.15) is 24.9 Å². The number of nitrogens with one attached hydrogen (secondary N) is 1. The molecule has 3 N–H and O–H groups in total. The summed E-state index contributed by atoms with van der Waals surface area (Å²) in [5, 5.41) is 6.32. The van der Waals surface area contributed by atoms with Gasteiger partial charge in [0, 0.05) is 24.2 Å². The van der Waals surface area contributed by atoms with Gasteiger partial charge in [-0.1, -0.05) is 6.92 Å². The van der Waals surface area contributed by atoms with E-state index < -0.39 is 0 Å². The Bertz CT molecular complexity index is 556. The van der Waals surface area contributed by atoms with E-state index in [1.165, 1.54) is 4.40 Å². The fraction of sp³-hybridized carbons (Fsp3) is 0.500. The smallest absolute Gasteiger partial charge is 0.327 e. The highest BCUT2D eigenvalue weighted by molar-refractivity contribution is 5.38. The highest BCUT2D eigenvalue weighted by Crippen LogP contribution is 2.06. The first-order chi connectivity index (χ1) is 7.61. The normalized spacial score (nSPS) is 13.2. The Morgan fingerprint density at radius 3 is 3.06 bits per heavy atom. The van der Waals surface area contributed by atoms with Crippen molar-refractivity contribution in [2.75, 3.05) is 0 Å². The quantitative estimate of drug-likeness (QED) is 0.763. The van der Waals surface area contributed by atoms with Gasteiger partial charge in [-0.05, 0) is 13.3 Å². The van der Waals surface area contributed by atoms with Crippen molar-refractivity contribution in [1.29, 1.82) is 0 Å². The lowest BCUT2D eigenvalue weighted by molar-refractivity contribution is 0.633. The average molecular weight is 221 g/mol. The van der Waals surface area contributed by atoms with Gasteiger partial charge in [0.1, 0.15) is 5.82 Å². The Labute approximate surface area is 92.5 Å². The van der Waals surface area contributed by atoms with Crippen LogP contribution in [0, 0.1) is 6.92 Å². The molecule has 1 atom stereocenters. The van der Waals surface area contributed by atoms with Crippen LogP contribution >= 0.6 is 0 Å². The first-order valence-electron chi connectivity index (χ1n) is 5.31. The number of hydrogen-bond acceptors (Lipinski definition) is 4. The lowest BCUT2D eigenvalue weighted by atomic mass is 10.1. The molecular weight excluding hydrogens is 206 g/mol. The van der Waals surface area contributed by atoms with Crippen molar-refractivity contribution in [2.24, 2.45) is 5.73 Å². The van der Waals surface area contributed by atoms with E-state index >= 15 is 0 Å². The molecule has 2 heterocycles. The Morgan fingerprint density at radius 1 is 1.62 bits per heavy atom. The fourth-order valence-corrected chi connectivity index (χ4v) is 1.68. The largest absolute Gasteiger partial charge is 0.349 e. The standard InChI is InChI=1S/C10H15N5O/c1-3-7(11)4-8-5-9-13-14-10(16)15(9)6(2)12-8/h5,7H,3-4,11H2,1-2H3,(H,14,16). The average Bonchev–Trinajstić information content (AvgIpc) is 2.60. The number of hydrogen-bond donors (Lipinski definition) is 2. The number of rotatable bonds is 3. The molecule has 16 heavy (non-hydrogen) atoms. The SMILES string of the molecule is CCC(N)Cc1cc2n[nH]c(=O)n2c(C)n1. The minimum atomic E-state index is -0.258. The summed E-state index contributed by atoms with van der Waals surface area (Å²) in [6, 6.07) is 1.89. The molecule has 1 unspecified atom stereocenters. The summed E-state index contributed by atoms with van der Waals surface area (Å²) in [6.07, 6.45) is 1.61. The number of H-pyrrole nitrogens is 1. The molecule has 0 amide bonds. The first-order valence-corrected chi connectivity index (χ1v) is 5.31. The van der Waals surface area contributed by atoms with Gasteiger partial charge in [0.2, 0.25) is 0 Å². The topological polar surface area (TPSA) is 89.1 Å². The lowest BCUT2D eigenvalue weighted by Gasteiger charge is -2.08. The van der Waals surface area contributed by atoms with Gasteiger partial charge in [0.15, 0.2) is 5.65 Å². The summed E-state index contributed by atoms with van der Waals surface area (Å²) in [4.78, 5) is 15.7. The van der Waals surface area contributed by atoms with Crippen LogP contribution < -0.4 is 11.4 Å². The van der Waals surface area contributed by atoms with Gasteiger partial charge >= 0.3 is 5.69 Å². The summed E-state index contributed by atoms with van der Waals surface area (Å²) in [5.41, 5.74) is 7.08. The second kappa shape index (κ2) is 4.05. The van der Waals surface area contributed by atoms with Crippen LogP contribution in [0.2, 0.25) is 0 Å². The molecule has 2 aromatic rings. The summed E-state index contributed by atoms with van der Waals surface area (Å²) in [7, 11) is 0. The predicted octanol–water partition coefficient (Wildman–Crippen LogP) is 0.00582. The first kappa shape index (κ1) is 10.8. The van der Waals surface area contributed by atoms with Gasteiger partial charge < -0.3 is 5.73 Å². The molecule has 0 saturated heterocycles. The van der Waals surface area contributed by atoms with E-state index in [1.807, 2.05) is 6.92 Å². The van der Waals surface area contributed by atoms with E-state index in [0.717, 1.165) is 12.1 Å². The van der Waals surface area contributed by atoms with Gasteiger partial charge in [0.05, 0.1) is 0 Å². The molecular formula is C10H15N5O. The minimum Gasteiger partial charge on any atom is -0.327 e. The van der Waals surface area contributed by atoms with Gasteiger partial charge in [-0.15, -0.1) is 0 Å². The highest BCUT2D eigenvalue weighted by atomic mass is 16.1. The third-order valence-corrected chi connectivity index (χ3v) is 2.62.